The van der Waals surface area contributed by atoms with Crippen molar-refractivity contribution in [3.8, 4) is 0 Å². The van der Waals surface area contributed by atoms with Gasteiger partial charge in [0.15, 0.2) is 0 Å². The number of hydrogen-bond acceptors (Lipinski definition) is 5. The van der Waals surface area contributed by atoms with Gasteiger partial charge in [0, 0.05) is 0 Å². The molecule has 0 radical (unpaired) electrons. The van der Waals surface area contributed by atoms with Crippen LogP contribution in [0.5, 0.6) is 0 Å². The Labute approximate surface area is 182 Å². The van der Waals surface area contributed by atoms with Gasteiger partial charge in [0.05, 0.1) is 21.2 Å². The highest BCUT2D eigenvalue weighted by molar-refractivity contribution is 6.43. The Kier molecular flexibility index (Phi) is 8.80. The van der Waals surface area contributed by atoms with Crippen molar-refractivity contribution in [2.24, 2.45) is 11.5 Å². The fourth-order valence-corrected chi connectivity index (χ4v) is 2.53. The number of halogens is 6. The number of nitrogens with one attached hydrogen (secondary N) is 1. The van der Waals surface area contributed by atoms with E-state index < -0.39 is 17.8 Å². The first-order chi connectivity index (χ1) is 12.4. The summed E-state index contributed by atoms with van der Waals surface area (Å²) in [6.07, 6.45) is 0. The number of carbonyl (C=O) groups excluding carboxylic acids is 3. The summed E-state index contributed by atoms with van der Waals surface area (Å²) < 4.78 is 0. The molecule has 8 nitrogen and oxygen atoms in total. The lowest BCUT2D eigenvalue weighted by Crippen LogP contribution is -2.35. The van der Waals surface area contributed by atoms with E-state index in [0.717, 1.165) is 0 Å². The summed E-state index contributed by atoms with van der Waals surface area (Å²) in [4.78, 5) is 39.6. The molecule has 0 aliphatic rings. The molecule has 27 heavy (non-hydrogen) atoms. The Balaban J connectivity index is 0.000000277. The number of rotatable bonds is 2. The van der Waals surface area contributed by atoms with Crippen LogP contribution in [-0.4, -0.2) is 27.8 Å². The standard InChI is InChI=1S/C7H4Cl3N3O2.C6H3Cl3N2O/c8-3-1-2(4(9)12-5(3)10)6(14)13-7(11)15;7-3-1-2(6(10)12)4(8)11-5(3)9/h1H,(H3,11,13,14,15);1H,(H2,10,12). The van der Waals surface area contributed by atoms with E-state index in [-0.39, 0.29) is 41.8 Å². The number of carbonyl (C=O) groups is 3. The predicted molar refractivity (Wildman–Crippen MR) is 104 cm³/mol. The van der Waals surface area contributed by atoms with Crippen LogP contribution in [0.4, 0.5) is 4.79 Å². The number of imide groups is 1. The van der Waals surface area contributed by atoms with Gasteiger partial charge < -0.3 is 11.5 Å². The van der Waals surface area contributed by atoms with Crippen molar-refractivity contribution in [3.63, 3.8) is 0 Å². The maximum Gasteiger partial charge on any atom is 0.319 e. The van der Waals surface area contributed by atoms with Gasteiger partial charge in [-0.3, -0.25) is 14.9 Å². The Bertz CT molecular complexity index is 924. The molecule has 0 aliphatic carbocycles. The summed E-state index contributed by atoms with van der Waals surface area (Å²) in [5.41, 5.74) is 9.71. The topological polar surface area (TPSA) is 141 Å². The second-order valence-corrected chi connectivity index (χ2v) is 6.63. The molecule has 2 rings (SSSR count). The first kappa shape index (κ1) is 23.5. The second-order valence-electron chi connectivity index (χ2n) is 4.38. The Hall–Kier alpha value is -1.55. The Morgan fingerprint density at radius 1 is 0.741 bits per heavy atom. The predicted octanol–water partition coefficient (Wildman–Crippen LogP) is 3.99. The molecule has 2 aromatic rings. The van der Waals surface area contributed by atoms with Crippen LogP contribution >= 0.6 is 69.6 Å². The molecule has 0 atom stereocenters. The van der Waals surface area contributed by atoms with E-state index >= 15 is 0 Å². The summed E-state index contributed by atoms with van der Waals surface area (Å²) in [7, 11) is 0. The Morgan fingerprint density at radius 2 is 1.15 bits per heavy atom. The zero-order chi connectivity index (χ0) is 20.9. The minimum absolute atomic E-state index is 0.0303. The molecule has 0 unspecified atom stereocenters. The van der Waals surface area contributed by atoms with Crippen LogP contribution in [0.2, 0.25) is 30.7 Å². The minimum atomic E-state index is -0.998. The quantitative estimate of drug-likeness (QED) is 0.542. The van der Waals surface area contributed by atoms with Crippen molar-refractivity contribution in [1.29, 1.82) is 0 Å². The summed E-state index contributed by atoms with van der Waals surface area (Å²) in [5.74, 6) is -1.48. The van der Waals surface area contributed by atoms with Gasteiger partial charge in [-0.05, 0) is 12.1 Å². The number of primary amides is 2. The maximum absolute atomic E-state index is 11.3. The van der Waals surface area contributed by atoms with E-state index in [1.807, 2.05) is 5.32 Å². The van der Waals surface area contributed by atoms with E-state index in [0.29, 0.717) is 0 Å². The molecule has 2 aromatic heterocycles. The molecule has 4 amide bonds. The zero-order valence-electron chi connectivity index (χ0n) is 12.7. The smallest absolute Gasteiger partial charge is 0.319 e. The SMILES string of the molecule is NC(=O)NC(=O)c1cc(Cl)c(Cl)nc1Cl.NC(=O)c1cc(Cl)c(Cl)nc1Cl. The molecule has 14 heteroatoms. The van der Waals surface area contributed by atoms with Crippen molar-refractivity contribution in [1.82, 2.24) is 15.3 Å². The molecule has 2 heterocycles. The van der Waals surface area contributed by atoms with Gasteiger partial charge in [-0.15, -0.1) is 0 Å². The second kappa shape index (κ2) is 10.1. The van der Waals surface area contributed by atoms with Crippen LogP contribution in [-0.2, 0) is 0 Å². The third kappa shape index (κ3) is 6.84. The van der Waals surface area contributed by atoms with Gasteiger partial charge in [0.2, 0.25) is 0 Å². The fraction of sp³-hybridized carbons (Fsp3) is 0. The average molecular weight is 494 g/mol. The molecule has 0 saturated carbocycles. The third-order valence-electron chi connectivity index (χ3n) is 2.52. The molecule has 0 spiro atoms. The van der Waals surface area contributed by atoms with Crippen molar-refractivity contribution in [2.75, 3.05) is 0 Å². The van der Waals surface area contributed by atoms with Crippen LogP contribution in [0.3, 0.4) is 0 Å². The highest BCUT2D eigenvalue weighted by Crippen LogP contribution is 2.25. The largest absolute Gasteiger partial charge is 0.366 e. The highest BCUT2D eigenvalue weighted by atomic mass is 35.5. The van der Waals surface area contributed by atoms with Gasteiger partial charge >= 0.3 is 6.03 Å². The number of aromatic nitrogens is 2. The Morgan fingerprint density at radius 3 is 1.56 bits per heavy atom. The van der Waals surface area contributed by atoms with Crippen molar-refractivity contribution in [2.45, 2.75) is 0 Å². The van der Waals surface area contributed by atoms with Crippen LogP contribution in [0.25, 0.3) is 0 Å². The van der Waals surface area contributed by atoms with Crippen LogP contribution in [0, 0.1) is 0 Å². The summed E-state index contributed by atoms with van der Waals surface area (Å²) in [6, 6.07) is 1.47. The molecule has 0 bridgehead atoms. The average Bonchev–Trinajstić information content (AvgIpc) is 2.54. The molecule has 0 aromatic carbocycles. The van der Waals surface area contributed by atoms with Gasteiger partial charge in [-0.25, -0.2) is 14.8 Å². The maximum atomic E-state index is 11.3. The normalized spacial score (nSPS) is 9.85. The molecule has 0 aliphatic heterocycles. The monoisotopic (exact) mass is 491 g/mol. The molecule has 144 valence electrons. The van der Waals surface area contributed by atoms with Crippen LogP contribution < -0.4 is 16.8 Å². The third-order valence-corrected chi connectivity index (χ3v) is 4.44. The lowest BCUT2D eigenvalue weighted by Gasteiger charge is -2.04. The molecular formula is C13H7Cl6N5O3. The molecular weight excluding hydrogens is 487 g/mol. The van der Waals surface area contributed by atoms with Gasteiger partial charge in [0.1, 0.15) is 20.6 Å². The van der Waals surface area contributed by atoms with Gasteiger partial charge in [0.25, 0.3) is 11.8 Å². The van der Waals surface area contributed by atoms with Crippen molar-refractivity contribution < 1.29 is 14.4 Å². The van der Waals surface area contributed by atoms with E-state index in [4.69, 9.17) is 81.1 Å². The number of nitrogens with zero attached hydrogens (tertiary/aromatic N) is 2. The lowest BCUT2D eigenvalue weighted by molar-refractivity contribution is 0.0963. The highest BCUT2D eigenvalue weighted by Gasteiger charge is 2.15. The number of amides is 4. The van der Waals surface area contributed by atoms with E-state index in [9.17, 15) is 14.4 Å². The van der Waals surface area contributed by atoms with E-state index in [2.05, 4.69) is 9.97 Å². The van der Waals surface area contributed by atoms with E-state index in [1.165, 1.54) is 12.1 Å². The summed E-state index contributed by atoms with van der Waals surface area (Å²) in [6.45, 7) is 0. The number of hydrogen-bond donors (Lipinski definition) is 3. The number of urea groups is 1. The van der Waals surface area contributed by atoms with E-state index in [1.54, 1.807) is 0 Å². The van der Waals surface area contributed by atoms with Crippen LogP contribution in [0.15, 0.2) is 12.1 Å². The van der Waals surface area contributed by atoms with Crippen molar-refractivity contribution >= 4 is 87.5 Å². The fourth-order valence-electron chi connectivity index (χ4n) is 1.40. The first-order valence-corrected chi connectivity index (χ1v) is 8.64. The molecule has 0 saturated heterocycles. The number of nitrogens with two attached hydrogens (primary N) is 2. The zero-order valence-corrected chi connectivity index (χ0v) is 17.2. The lowest BCUT2D eigenvalue weighted by atomic mass is 10.3. The van der Waals surface area contributed by atoms with Crippen molar-refractivity contribution in [3.05, 3.63) is 53.9 Å². The first-order valence-electron chi connectivity index (χ1n) is 6.37. The van der Waals surface area contributed by atoms with Crippen LogP contribution in [0.1, 0.15) is 20.7 Å². The molecule has 0 fully saturated rings. The molecule has 5 N–H and O–H groups in total. The minimum Gasteiger partial charge on any atom is -0.366 e. The summed E-state index contributed by atoms with van der Waals surface area (Å²) in [5, 5.41) is 1.83. The van der Waals surface area contributed by atoms with Gasteiger partial charge in [-0.1, -0.05) is 69.6 Å². The van der Waals surface area contributed by atoms with Gasteiger partial charge in [-0.2, -0.15) is 0 Å². The number of pyridine rings is 2. The summed E-state index contributed by atoms with van der Waals surface area (Å²) >= 11 is 33.4.